The van der Waals surface area contributed by atoms with Crippen molar-refractivity contribution in [3.63, 3.8) is 0 Å². The van der Waals surface area contributed by atoms with Crippen molar-refractivity contribution >= 4 is 29.4 Å². The van der Waals surface area contributed by atoms with Gasteiger partial charge in [0.15, 0.2) is 5.69 Å². The maximum Gasteiger partial charge on any atom is 0.573 e. The number of halogens is 6. The number of alkyl halides is 6. The van der Waals surface area contributed by atoms with E-state index in [0.29, 0.717) is 42.3 Å². The number of piperazine rings is 1. The number of nitrogens with one attached hydrogen (secondary N) is 1. The van der Waals surface area contributed by atoms with Crippen LogP contribution in [0.3, 0.4) is 0 Å². The number of rotatable bonds is 6. The average Bonchev–Trinajstić information content (AvgIpc) is 2.84. The molecule has 2 heterocycles. The minimum atomic E-state index is -4.77. The molecule has 0 saturated carbocycles. The lowest BCUT2D eigenvalue weighted by molar-refractivity contribution is -0.274. The molecule has 1 saturated heterocycles. The quantitative estimate of drug-likeness (QED) is 0.309. The van der Waals surface area contributed by atoms with Gasteiger partial charge >= 0.3 is 12.5 Å². The van der Waals surface area contributed by atoms with Crippen LogP contribution >= 0.6 is 11.9 Å². The number of nitrogens with zero attached hydrogens (tertiary/aromatic N) is 5. The third-order valence-electron chi connectivity index (χ3n) is 5.10. The van der Waals surface area contributed by atoms with Crippen molar-refractivity contribution in [1.29, 1.82) is 5.26 Å². The Kier molecular flexibility index (Phi) is 7.65. The summed E-state index contributed by atoms with van der Waals surface area (Å²) in [7, 11) is 0. The summed E-state index contributed by atoms with van der Waals surface area (Å²) >= 11 is 1.32. The van der Waals surface area contributed by atoms with Crippen molar-refractivity contribution in [2.24, 2.45) is 0 Å². The highest BCUT2D eigenvalue weighted by atomic mass is 32.2. The molecule has 0 bridgehead atoms. The molecule has 14 heteroatoms. The normalized spacial score (nSPS) is 14.8. The van der Waals surface area contributed by atoms with E-state index in [4.69, 9.17) is 5.26 Å². The standard InChI is InChI=1S/C23H18F6N6OS/c24-22(25,26)19-13-20(31-16-3-1-15(14-30)2-4-16)33-21(32-19)34-9-11-35(12-10-34)37-18-7-5-17(6-8-18)36-23(27,28)29/h1-8,13H,9-12H2,(H,31,32,33). The molecule has 1 aromatic heterocycles. The van der Waals surface area contributed by atoms with Gasteiger partial charge in [0.2, 0.25) is 5.95 Å². The van der Waals surface area contributed by atoms with Crippen LogP contribution in [0.15, 0.2) is 59.5 Å². The van der Waals surface area contributed by atoms with E-state index in [0.717, 1.165) is 6.07 Å². The Bertz CT molecular complexity index is 1250. The van der Waals surface area contributed by atoms with E-state index in [-0.39, 0.29) is 17.5 Å². The summed E-state index contributed by atoms with van der Waals surface area (Å²) in [5, 5.41) is 11.7. The molecule has 3 aromatic rings. The molecule has 4 rings (SSSR count). The average molecular weight is 540 g/mol. The first-order valence-corrected chi connectivity index (χ1v) is 11.5. The van der Waals surface area contributed by atoms with Gasteiger partial charge in [-0.15, -0.1) is 13.2 Å². The molecule has 0 atom stereocenters. The largest absolute Gasteiger partial charge is 0.573 e. The Hall–Kier alpha value is -3.70. The SMILES string of the molecule is N#Cc1ccc(Nc2cc(C(F)(F)F)nc(N3CCN(Sc4ccc(OC(F)(F)F)cc4)CC3)n2)cc1. The molecule has 2 aromatic carbocycles. The van der Waals surface area contributed by atoms with Crippen molar-refractivity contribution < 1.29 is 31.1 Å². The summed E-state index contributed by atoms with van der Waals surface area (Å²) < 4.78 is 83.3. The number of hydrogen-bond donors (Lipinski definition) is 1. The second-order valence-electron chi connectivity index (χ2n) is 7.78. The van der Waals surface area contributed by atoms with Gasteiger partial charge < -0.3 is 15.0 Å². The second-order valence-corrected chi connectivity index (χ2v) is 8.95. The predicted octanol–water partition coefficient (Wildman–Crippen LogP) is 5.84. The Morgan fingerprint density at radius 1 is 0.892 bits per heavy atom. The Labute approximate surface area is 211 Å². The zero-order valence-corrected chi connectivity index (χ0v) is 19.7. The minimum absolute atomic E-state index is 0.0417. The summed E-state index contributed by atoms with van der Waals surface area (Å²) in [5.41, 5.74) is -0.220. The summed E-state index contributed by atoms with van der Waals surface area (Å²) in [6.07, 6.45) is -9.45. The smallest absolute Gasteiger partial charge is 0.406 e. The molecule has 1 aliphatic heterocycles. The molecular formula is C23H18F6N6OS. The number of hydrogen-bond acceptors (Lipinski definition) is 8. The highest BCUT2D eigenvalue weighted by Gasteiger charge is 2.35. The van der Waals surface area contributed by atoms with Crippen molar-refractivity contribution in [2.45, 2.75) is 17.4 Å². The van der Waals surface area contributed by atoms with Crippen LogP contribution in [0.2, 0.25) is 0 Å². The molecule has 194 valence electrons. The molecule has 37 heavy (non-hydrogen) atoms. The number of anilines is 3. The van der Waals surface area contributed by atoms with Gasteiger partial charge in [0.25, 0.3) is 0 Å². The summed E-state index contributed by atoms with van der Waals surface area (Å²) in [4.78, 5) is 10.3. The van der Waals surface area contributed by atoms with Crippen LogP contribution in [0, 0.1) is 11.3 Å². The van der Waals surface area contributed by atoms with Gasteiger partial charge in [0.05, 0.1) is 11.6 Å². The van der Waals surface area contributed by atoms with Gasteiger partial charge in [0.1, 0.15) is 11.6 Å². The molecular weight excluding hydrogens is 522 g/mol. The maximum atomic E-state index is 13.5. The highest BCUT2D eigenvalue weighted by molar-refractivity contribution is 7.97. The fraction of sp³-hybridized carbons (Fsp3) is 0.261. The summed E-state index contributed by atoms with van der Waals surface area (Å²) in [5.74, 6) is -0.446. The molecule has 0 aliphatic carbocycles. The molecule has 1 aliphatic rings. The van der Waals surface area contributed by atoms with Crippen LogP contribution < -0.4 is 15.0 Å². The van der Waals surface area contributed by atoms with Crippen LogP contribution in [-0.4, -0.2) is 46.8 Å². The Morgan fingerprint density at radius 3 is 2.11 bits per heavy atom. The molecule has 0 spiro atoms. The lowest BCUT2D eigenvalue weighted by atomic mass is 10.2. The van der Waals surface area contributed by atoms with E-state index >= 15 is 0 Å². The van der Waals surface area contributed by atoms with Crippen molar-refractivity contribution in [1.82, 2.24) is 14.3 Å². The number of benzene rings is 2. The lowest BCUT2D eigenvalue weighted by Crippen LogP contribution is -2.44. The van der Waals surface area contributed by atoms with Gasteiger partial charge in [-0.25, -0.2) is 9.29 Å². The molecule has 1 N–H and O–H groups in total. The van der Waals surface area contributed by atoms with E-state index in [1.807, 2.05) is 10.4 Å². The first-order valence-electron chi connectivity index (χ1n) is 10.8. The van der Waals surface area contributed by atoms with Crippen LogP contribution in [0.4, 0.5) is 43.8 Å². The van der Waals surface area contributed by atoms with Gasteiger partial charge in [-0.2, -0.15) is 23.4 Å². The minimum Gasteiger partial charge on any atom is -0.406 e. The molecule has 0 radical (unpaired) electrons. The van der Waals surface area contributed by atoms with Crippen LogP contribution in [-0.2, 0) is 6.18 Å². The van der Waals surface area contributed by atoms with Crippen LogP contribution in [0.5, 0.6) is 5.75 Å². The number of ether oxygens (including phenoxy) is 1. The van der Waals surface area contributed by atoms with Crippen LogP contribution in [0.1, 0.15) is 11.3 Å². The van der Waals surface area contributed by atoms with Gasteiger partial charge in [-0.3, -0.25) is 0 Å². The van der Waals surface area contributed by atoms with Crippen molar-refractivity contribution in [3.05, 3.63) is 65.9 Å². The molecule has 1 fully saturated rings. The number of aromatic nitrogens is 2. The number of nitriles is 1. The Balaban J connectivity index is 1.42. The topological polar surface area (TPSA) is 77.3 Å². The zero-order valence-electron chi connectivity index (χ0n) is 18.8. The first kappa shape index (κ1) is 26.4. The van der Waals surface area contributed by atoms with E-state index in [2.05, 4.69) is 20.0 Å². The molecule has 0 amide bonds. The van der Waals surface area contributed by atoms with E-state index in [1.54, 1.807) is 17.0 Å². The van der Waals surface area contributed by atoms with Crippen molar-refractivity contribution in [3.8, 4) is 11.8 Å². The first-order chi connectivity index (χ1) is 17.5. The fourth-order valence-corrected chi connectivity index (χ4v) is 4.29. The zero-order chi connectivity index (χ0) is 26.6. The third kappa shape index (κ3) is 7.40. The fourth-order valence-electron chi connectivity index (χ4n) is 3.39. The predicted molar refractivity (Wildman–Crippen MR) is 124 cm³/mol. The van der Waals surface area contributed by atoms with E-state index < -0.39 is 18.2 Å². The highest BCUT2D eigenvalue weighted by Crippen LogP contribution is 2.32. The third-order valence-corrected chi connectivity index (χ3v) is 6.21. The summed E-state index contributed by atoms with van der Waals surface area (Å²) in [6, 6.07) is 14.4. The second kappa shape index (κ2) is 10.7. The van der Waals surface area contributed by atoms with Gasteiger partial charge in [-0.1, -0.05) is 0 Å². The Morgan fingerprint density at radius 2 is 1.54 bits per heavy atom. The summed E-state index contributed by atoms with van der Waals surface area (Å²) in [6.45, 7) is 1.56. The van der Waals surface area contributed by atoms with Crippen molar-refractivity contribution in [2.75, 3.05) is 36.4 Å². The van der Waals surface area contributed by atoms with Gasteiger partial charge in [-0.05, 0) is 60.5 Å². The van der Waals surface area contributed by atoms with E-state index in [1.165, 1.54) is 48.3 Å². The van der Waals surface area contributed by atoms with Gasteiger partial charge in [0, 0.05) is 42.8 Å². The van der Waals surface area contributed by atoms with E-state index in [9.17, 15) is 26.3 Å². The monoisotopic (exact) mass is 540 g/mol. The molecule has 0 unspecified atom stereocenters. The lowest BCUT2D eigenvalue weighted by Gasteiger charge is -2.34. The van der Waals surface area contributed by atoms with Crippen LogP contribution in [0.25, 0.3) is 0 Å². The maximum absolute atomic E-state index is 13.5. The molecule has 7 nitrogen and oxygen atoms in total.